The Bertz CT molecular complexity index is 957. The minimum Gasteiger partial charge on any atom is -0.491 e. The van der Waals surface area contributed by atoms with Crippen molar-refractivity contribution in [3.63, 3.8) is 0 Å². The van der Waals surface area contributed by atoms with Gasteiger partial charge in [-0.1, -0.05) is 24.6 Å². The third-order valence-corrected chi connectivity index (χ3v) is 6.22. The van der Waals surface area contributed by atoms with Crippen molar-refractivity contribution in [3.05, 3.63) is 71.1 Å². The van der Waals surface area contributed by atoms with Crippen molar-refractivity contribution in [2.75, 3.05) is 6.61 Å². The number of hydrogen-bond acceptors (Lipinski definition) is 3. The highest BCUT2D eigenvalue weighted by Gasteiger charge is 2.23. The molecule has 2 aromatic carbocycles. The number of unbranched alkanes of at least 4 members (excludes halogenated alkanes) is 1. The van der Waals surface area contributed by atoms with E-state index < -0.39 is 23.4 Å². The Balaban J connectivity index is 1.53. The summed E-state index contributed by atoms with van der Waals surface area (Å²) in [6.45, 7) is 3.34. The topological polar surface area (TPSA) is 35.5 Å². The quantitative estimate of drug-likeness (QED) is 0.217. The summed E-state index contributed by atoms with van der Waals surface area (Å²) >= 11 is 0. The maximum Gasteiger partial charge on any atom is 0.343 e. The normalized spacial score (nSPS) is 18.8. The molecule has 0 saturated heterocycles. The number of carbonyl (C=O) groups is 1. The lowest BCUT2D eigenvalue weighted by atomic mass is 9.77. The van der Waals surface area contributed by atoms with Crippen LogP contribution in [0.1, 0.15) is 80.6 Å². The van der Waals surface area contributed by atoms with Gasteiger partial charge >= 0.3 is 5.97 Å². The van der Waals surface area contributed by atoms with Crippen LogP contribution in [0.15, 0.2) is 48.3 Å². The van der Waals surface area contributed by atoms with E-state index in [0.29, 0.717) is 11.8 Å². The summed E-state index contributed by atoms with van der Waals surface area (Å²) in [7, 11) is 0. The molecule has 6 heteroatoms. The lowest BCUT2D eigenvalue weighted by molar-refractivity contribution is 0.0726. The van der Waals surface area contributed by atoms with Crippen LogP contribution in [-0.2, 0) is 0 Å². The number of allylic oxidation sites excluding steroid dienone is 2. The number of esters is 1. The van der Waals surface area contributed by atoms with Gasteiger partial charge in [0.15, 0.2) is 11.5 Å². The van der Waals surface area contributed by atoms with Crippen molar-refractivity contribution in [1.82, 2.24) is 0 Å². The van der Waals surface area contributed by atoms with Crippen LogP contribution in [0.2, 0.25) is 0 Å². The van der Waals surface area contributed by atoms with Crippen LogP contribution < -0.4 is 9.47 Å². The summed E-state index contributed by atoms with van der Waals surface area (Å²) in [6.07, 6.45) is 9.07. The van der Waals surface area contributed by atoms with E-state index >= 15 is 0 Å². The fourth-order valence-corrected chi connectivity index (χ4v) is 4.40. The molecule has 0 heterocycles. The molecule has 0 N–H and O–H groups in total. The van der Waals surface area contributed by atoms with Crippen LogP contribution in [0.4, 0.5) is 13.2 Å². The fourth-order valence-electron chi connectivity index (χ4n) is 4.40. The molecule has 2 aromatic rings. The van der Waals surface area contributed by atoms with E-state index in [2.05, 4.69) is 0 Å². The predicted molar refractivity (Wildman–Crippen MR) is 122 cm³/mol. The highest BCUT2D eigenvalue weighted by molar-refractivity contribution is 5.91. The Morgan fingerprint density at radius 3 is 2.27 bits per heavy atom. The lowest BCUT2D eigenvalue weighted by Gasteiger charge is -2.28. The van der Waals surface area contributed by atoms with Crippen LogP contribution in [0, 0.1) is 17.6 Å². The van der Waals surface area contributed by atoms with Crippen molar-refractivity contribution >= 4 is 5.97 Å². The highest BCUT2D eigenvalue weighted by atomic mass is 19.2. The molecule has 0 aromatic heterocycles. The standard InChI is InChI=1S/C27H31F3O3/c1-3-32-23-16-17-24(26(30)25(23)29)33-27(31)22-14-12-21(13-15-22)20-10-8-19(9-11-20)7-5-4-6-18(2)28/h6,12-17,19-20H,3-5,7-11H2,1-2H3/b18-6-. The Kier molecular flexibility index (Phi) is 8.98. The van der Waals surface area contributed by atoms with Crippen LogP contribution in [0.25, 0.3) is 0 Å². The van der Waals surface area contributed by atoms with Gasteiger partial charge < -0.3 is 9.47 Å². The molecular formula is C27H31F3O3. The van der Waals surface area contributed by atoms with Gasteiger partial charge in [0.1, 0.15) is 0 Å². The van der Waals surface area contributed by atoms with E-state index in [1.165, 1.54) is 24.6 Å². The molecule has 0 aliphatic heterocycles. The first kappa shape index (κ1) is 24.9. The fraction of sp³-hybridized carbons (Fsp3) is 0.444. The van der Waals surface area contributed by atoms with E-state index in [1.54, 1.807) is 25.1 Å². The van der Waals surface area contributed by atoms with E-state index in [-0.39, 0.29) is 23.7 Å². The molecule has 0 unspecified atom stereocenters. The van der Waals surface area contributed by atoms with Gasteiger partial charge in [-0.2, -0.15) is 8.78 Å². The van der Waals surface area contributed by atoms with Crippen molar-refractivity contribution in [3.8, 4) is 11.5 Å². The monoisotopic (exact) mass is 460 g/mol. The zero-order valence-corrected chi connectivity index (χ0v) is 19.2. The lowest BCUT2D eigenvalue weighted by Crippen LogP contribution is -2.14. The summed E-state index contributed by atoms with van der Waals surface area (Å²) in [5.74, 6) is -2.85. The van der Waals surface area contributed by atoms with Gasteiger partial charge in [-0.3, -0.25) is 0 Å². The molecule has 0 amide bonds. The molecule has 1 aliphatic rings. The average Bonchev–Trinajstić information content (AvgIpc) is 2.82. The third kappa shape index (κ3) is 6.86. The van der Waals surface area contributed by atoms with Gasteiger partial charge in [-0.15, -0.1) is 0 Å². The van der Waals surface area contributed by atoms with Crippen LogP contribution in [0.5, 0.6) is 11.5 Å². The molecule has 0 bridgehead atoms. The molecule has 1 saturated carbocycles. The summed E-state index contributed by atoms with van der Waals surface area (Å²) in [5.41, 5.74) is 1.44. The first-order chi connectivity index (χ1) is 15.9. The molecule has 178 valence electrons. The van der Waals surface area contributed by atoms with E-state index in [0.717, 1.165) is 44.9 Å². The van der Waals surface area contributed by atoms with Crippen LogP contribution in [-0.4, -0.2) is 12.6 Å². The van der Waals surface area contributed by atoms with E-state index in [9.17, 15) is 18.0 Å². The number of ether oxygens (including phenoxy) is 2. The summed E-state index contributed by atoms with van der Waals surface area (Å²) in [6, 6.07) is 9.57. The second-order valence-electron chi connectivity index (χ2n) is 8.57. The van der Waals surface area contributed by atoms with Gasteiger partial charge in [-0.05, 0) is 94.0 Å². The van der Waals surface area contributed by atoms with Crippen molar-refractivity contribution in [2.45, 2.75) is 64.7 Å². The van der Waals surface area contributed by atoms with Gasteiger partial charge in [0.25, 0.3) is 0 Å². The molecule has 33 heavy (non-hydrogen) atoms. The highest BCUT2D eigenvalue weighted by Crippen LogP contribution is 2.38. The first-order valence-corrected chi connectivity index (χ1v) is 11.6. The molecular weight excluding hydrogens is 429 g/mol. The van der Waals surface area contributed by atoms with Gasteiger partial charge in [0, 0.05) is 0 Å². The SMILES string of the molecule is CCOc1ccc(OC(=O)c2ccc(C3CCC(CCC/C=C(/C)F)CC3)cc2)c(F)c1F. The summed E-state index contributed by atoms with van der Waals surface area (Å²) < 4.78 is 51.0. The number of rotatable bonds is 9. The summed E-state index contributed by atoms with van der Waals surface area (Å²) in [5, 5.41) is 0. The summed E-state index contributed by atoms with van der Waals surface area (Å²) in [4.78, 5) is 12.4. The number of halogens is 3. The maximum absolute atomic E-state index is 14.2. The van der Waals surface area contributed by atoms with E-state index in [4.69, 9.17) is 9.47 Å². The number of benzene rings is 2. The number of carbonyl (C=O) groups excluding carboxylic acids is 1. The van der Waals surface area contributed by atoms with Gasteiger partial charge in [0.2, 0.25) is 11.6 Å². The van der Waals surface area contributed by atoms with Crippen molar-refractivity contribution in [1.29, 1.82) is 0 Å². The molecule has 1 aliphatic carbocycles. The second kappa shape index (κ2) is 11.9. The van der Waals surface area contributed by atoms with Crippen molar-refractivity contribution in [2.24, 2.45) is 5.92 Å². The molecule has 3 nitrogen and oxygen atoms in total. The Morgan fingerprint density at radius 1 is 1.00 bits per heavy atom. The Hall–Kier alpha value is -2.76. The third-order valence-electron chi connectivity index (χ3n) is 6.22. The zero-order valence-electron chi connectivity index (χ0n) is 19.2. The molecule has 1 fully saturated rings. The minimum atomic E-state index is -1.25. The molecule has 0 atom stereocenters. The average molecular weight is 461 g/mol. The first-order valence-electron chi connectivity index (χ1n) is 11.6. The van der Waals surface area contributed by atoms with Crippen molar-refractivity contribution < 1.29 is 27.4 Å². The maximum atomic E-state index is 14.2. The molecule has 3 rings (SSSR count). The second-order valence-corrected chi connectivity index (χ2v) is 8.57. The Labute approximate surface area is 193 Å². The van der Waals surface area contributed by atoms with Crippen LogP contribution in [0.3, 0.4) is 0 Å². The predicted octanol–water partition coefficient (Wildman–Crippen LogP) is 7.90. The number of hydrogen-bond donors (Lipinski definition) is 0. The van der Waals surface area contributed by atoms with E-state index in [1.807, 2.05) is 12.1 Å². The largest absolute Gasteiger partial charge is 0.491 e. The smallest absolute Gasteiger partial charge is 0.343 e. The minimum absolute atomic E-state index is 0.109. The van der Waals surface area contributed by atoms with Gasteiger partial charge in [-0.25, -0.2) is 9.18 Å². The van der Waals surface area contributed by atoms with Gasteiger partial charge in [0.05, 0.1) is 18.0 Å². The van der Waals surface area contributed by atoms with Crippen LogP contribution >= 0.6 is 0 Å². The molecule has 0 spiro atoms. The zero-order chi connectivity index (χ0) is 23.8. The Morgan fingerprint density at radius 2 is 1.64 bits per heavy atom. The molecule has 0 radical (unpaired) electrons.